The van der Waals surface area contributed by atoms with Crippen molar-refractivity contribution < 1.29 is 9.53 Å². The Kier molecular flexibility index (Phi) is 5.99. The summed E-state index contributed by atoms with van der Waals surface area (Å²) >= 11 is 0. The molecule has 0 atom stereocenters. The molecule has 0 aromatic heterocycles. The monoisotopic (exact) mass is 254 g/mol. The first kappa shape index (κ1) is 15.2. The van der Waals surface area contributed by atoms with Gasteiger partial charge in [-0.2, -0.15) is 0 Å². The molecule has 1 aromatic rings. The normalized spacial score (nSPS) is 10.4. The Labute approximate surface area is 106 Å². The van der Waals surface area contributed by atoms with Gasteiger partial charge in [-0.15, -0.1) is 12.4 Å². The minimum absolute atomic E-state index is 0. The second-order valence-electron chi connectivity index (χ2n) is 3.30. The van der Waals surface area contributed by atoms with Crippen molar-refractivity contribution in [1.82, 2.24) is 0 Å². The Morgan fingerprint density at radius 1 is 1.35 bits per heavy atom. The Balaban J connectivity index is 0.00000256. The van der Waals surface area contributed by atoms with Crippen molar-refractivity contribution in [2.24, 2.45) is 5.73 Å². The number of esters is 1. The summed E-state index contributed by atoms with van der Waals surface area (Å²) in [5, 5.41) is 7.21. The standard InChI is InChI=1S/C12H14N2O2.ClH/c1-3-8(2)12(15)16-10-6-4-9(5-7-10)11(13)14;/h3-7H,1-2H3,(H3,13,14);1H. The molecular weight excluding hydrogens is 240 g/mol. The first-order valence-corrected chi connectivity index (χ1v) is 4.84. The zero-order valence-corrected chi connectivity index (χ0v) is 10.5. The summed E-state index contributed by atoms with van der Waals surface area (Å²) in [5.74, 6) is 0.0526. The van der Waals surface area contributed by atoms with Gasteiger partial charge in [0.25, 0.3) is 0 Å². The van der Waals surface area contributed by atoms with Crippen LogP contribution in [0.25, 0.3) is 0 Å². The van der Waals surface area contributed by atoms with E-state index in [1.54, 1.807) is 44.2 Å². The molecule has 0 bridgehead atoms. The zero-order valence-electron chi connectivity index (χ0n) is 9.69. The molecular formula is C12H15ClN2O2. The van der Waals surface area contributed by atoms with Crippen molar-refractivity contribution in [3.05, 3.63) is 41.5 Å². The third-order valence-electron chi connectivity index (χ3n) is 2.13. The average Bonchev–Trinajstić information content (AvgIpc) is 2.28. The number of benzene rings is 1. The van der Waals surface area contributed by atoms with Crippen LogP contribution < -0.4 is 10.5 Å². The molecule has 3 N–H and O–H groups in total. The summed E-state index contributed by atoms with van der Waals surface area (Å²) in [6.45, 7) is 3.46. The van der Waals surface area contributed by atoms with Crippen molar-refractivity contribution in [3.63, 3.8) is 0 Å². The molecule has 0 heterocycles. The van der Waals surface area contributed by atoms with Crippen LogP contribution in [0.3, 0.4) is 0 Å². The van der Waals surface area contributed by atoms with E-state index in [0.29, 0.717) is 16.9 Å². The van der Waals surface area contributed by atoms with Crippen LogP contribution in [-0.4, -0.2) is 11.8 Å². The Bertz CT molecular complexity index is 438. The predicted molar refractivity (Wildman–Crippen MR) is 69.8 cm³/mol. The highest BCUT2D eigenvalue weighted by atomic mass is 35.5. The highest BCUT2D eigenvalue weighted by molar-refractivity contribution is 5.95. The number of halogens is 1. The summed E-state index contributed by atoms with van der Waals surface area (Å²) in [6.07, 6.45) is 1.69. The first-order valence-electron chi connectivity index (χ1n) is 4.84. The summed E-state index contributed by atoms with van der Waals surface area (Å²) in [5.41, 5.74) is 6.45. The predicted octanol–water partition coefficient (Wildman–Crippen LogP) is 2.26. The van der Waals surface area contributed by atoms with E-state index in [4.69, 9.17) is 15.9 Å². The summed E-state index contributed by atoms with van der Waals surface area (Å²) in [6, 6.07) is 6.49. The number of carbonyl (C=O) groups is 1. The summed E-state index contributed by atoms with van der Waals surface area (Å²) in [7, 11) is 0. The van der Waals surface area contributed by atoms with Gasteiger partial charge in [0.2, 0.25) is 0 Å². The lowest BCUT2D eigenvalue weighted by molar-refractivity contribution is -0.130. The Hall–Kier alpha value is -1.81. The number of carbonyl (C=O) groups excluding carboxylic acids is 1. The maximum Gasteiger partial charge on any atom is 0.338 e. The van der Waals surface area contributed by atoms with E-state index in [-0.39, 0.29) is 24.2 Å². The molecule has 0 aliphatic heterocycles. The fourth-order valence-electron chi connectivity index (χ4n) is 1.01. The molecule has 0 saturated carbocycles. The number of nitrogens with one attached hydrogen (secondary N) is 1. The number of nitrogens with two attached hydrogens (primary N) is 1. The van der Waals surface area contributed by atoms with E-state index in [1.807, 2.05) is 0 Å². The largest absolute Gasteiger partial charge is 0.423 e. The van der Waals surface area contributed by atoms with Crippen LogP contribution >= 0.6 is 12.4 Å². The quantitative estimate of drug-likeness (QED) is 0.286. The Morgan fingerprint density at radius 2 is 1.88 bits per heavy atom. The van der Waals surface area contributed by atoms with Gasteiger partial charge in [0.1, 0.15) is 11.6 Å². The third-order valence-corrected chi connectivity index (χ3v) is 2.13. The molecule has 4 nitrogen and oxygen atoms in total. The van der Waals surface area contributed by atoms with Gasteiger partial charge in [-0.3, -0.25) is 5.41 Å². The number of rotatable bonds is 3. The van der Waals surface area contributed by atoms with Crippen LogP contribution in [0.5, 0.6) is 5.75 Å². The number of hydrogen-bond donors (Lipinski definition) is 2. The second-order valence-corrected chi connectivity index (χ2v) is 3.30. The molecule has 5 heteroatoms. The van der Waals surface area contributed by atoms with Crippen molar-refractivity contribution in [1.29, 1.82) is 5.41 Å². The van der Waals surface area contributed by atoms with E-state index in [1.165, 1.54) is 0 Å². The van der Waals surface area contributed by atoms with Gasteiger partial charge >= 0.3 is 5.97 Å². The van der Waals surface area contributed by atoms with Gasteiger partial charge in [0.15, 0.2) is 0 Å². The minimum Gasteiger partial charge on any atom is -0.423 e. The summed E-state index contributed by atoms with van der Waals surface area (Å²) in [4.78, 5) is 11.4. The van der Waals surface area contributed by atoms with E-state index >= 15 is 0 Å². The van der Waals surface area contributed by atoms with Gasteiger partial charge in [-0.25, -0.2) is 4.79 Å². The molecule has 1 aromatic carbocycles. The van der Waals surface area contributed by atoms with Crippen LogP contribution in [0, 0.1) is 5.41 Å². The Morgan fingerprint density at radius 3 is 2.29 bits per heavy atom. The first-order chi connectivity index (χ1) is 7.54. The second kappa shape index (κ2) is 6.70. The van der Waals surface area contributed by atoms with Gasteiger partial charge in [0, 0.05) is 11.1 Å². The van der Waals surface area contributed by atoms with Crippen LogP contribution in [0.1, 0.15) is 19.4 Å². The number of allylic oxidation sites excluding steroid dienone is 1. The smallest absolute Gasteiger partial charge is 0.338 e. The van der Waals surface area contributed by atoms with Gasteiger partial charge in [-0.1, -0.05) is 6.08 Å². The molecule has 92 valence electrons. The maximum atomic E-state index is 11.4. The highest BCUT2D eigenvalue weighted by Gasteiger charge is 2.06. The fourth-order valence-corrected chi connectivity index (χ4v) is 1.01. The lowest BCUT2D eigenvalue weighted by Gasteiger charge is -2.04. The average molecular weight is 255 g/mol. The van der Waals surface area contributed by atoms with E-state index in [2.05, 4.69) is 0 Å². The van der Waals surface area contributed by atoms with E-state index < -0.39 is 0 Å². The van der Waals surface area contributed by atoms with Gasteiger partial charge in [-0.05, 0) is 38.1 Å². The van der Waals surface area contributed by atoms with Gasteiger partial charge in [0.05, 0.1) is 0 Å². The number of ether oxygens (including phenoxy) is 1. The molecule has 0 radical (unpaired) electrons. The van der Waals surface area contributed by atoms with Crippen LogP contribution in [0.15, 0.2) is 35.9 Å². The van der Waals surface area contributed by atoms with Crippen molar-refractivity contribution in [3.8, 4) is 5.75 Å². The summed E-state index contributed by atoms with van der Waals surface area (Å²) < 4.78 is 5.08. The molecule has 17 heavy (non-hydrogen) atoms. The SMILES string of the molecule is CC=C(C)C(=O)Oc1ccc(C(=N)N)cc1.Cl. The van der Waals surface area contributed by atoms with E-state index in [9.17, 15) is 4.79 Å². The van der Waals surface area contributed by atoms with Crippen LogP contribution in [0.4, 0.5) is 0 Å². The minimum atomic E-state index is -0.377. The molecule has 1 rings (SSSR count). The molecule has 0 saturated heterocycles. The fraction of sp³-hybridized carbons (Fsp3) is 0.167. The molecule has 0 aliphatic rings. The van der Waals surface area contributed by atoms with Gasteiger partial charge < -0.3 is 10.5 Å². The number of hydrogen-bond acceptors (Lipinski definition) is 3. The molecule has 0 spiro atoms. The lowest BCUT2D eigenvalue weighted by Crippen LogP contribution is -2.11. The highest BCUT2D eigenvalue weighted by Crippen LogP contribution is 2.13. The molecule has 0 amide bonds. The molecule has 0 unspecified atom stereocenters. The van der Waals surface area contributed by atoms with Crippen molar-refractivity contribution in [2.75, 3.05) is 0 Å². The zero-order chi connectivity index (χ0) is 12.1. The van der Waals surface area contributed by atoms with Crippen LogP contribution in [-0.2, 0) is 4.79 Å². The molecule has 0 aliphatic carbocycles. The molecule has 0 fully saturated rings. The van der Waals surface area contributed by atoms with Crippen molar-refractivity contribution in [2.45, 2.75) is 13.8 Å². The van der Waals surface area contributed by atoms with Crippen LogP contribution in [0.2, 0.25) is 0 Å². The number of amidine groups is 1. The lowest BCUT2D eigenvalue weighted by atomic mass is 10.2. The topological polar surface area (TPSA) is 76.2 Å². The maximum absolute atomic E-state index is 11.4. The number of nitrogen functional groups attached to an aromatic ring is 1. The van der Waals surface area contributed by atoms with Crippen molar-refractivity contribution >= 4 is 24.2 Å². The third kappa shape index (κ3) is 4.28. The van der Waals surface area contributed by atoms with E-state index in [0.717, 1.165) is 0 Å².